The van der Waals surface area contributed by atoms with Gasteiger partial charge in [0.25, 0.3) is 0 Å². The predicted molar refractivity (Wildman–Crippen MR) is 70.4 cm³/mol. The Morgan fingerprint density at radius 2 is 2.06 bits per heavy atom. The van der Waals surface area contributed by atoms with E-state index < -0.39 is 0 Å². The molecule has 0 amide bonds. The van der Waals surface area contributed by atoms with Crippen molar-refractivity contribution in [2.45, 2.75) is 18.9 Å². The average molecular weight is 270 g/mol. The molecule has 17 heavy (non-hydrogen) atoms. The summed E-state index contributed by atoms with van der Waals surface area (Å²) in [5.41, 5.74) is 6.61. The van der Waals surface area contributed by atoms with Gasteiger partial charge in [-0.25, -0.2) is 0 Å². The summed E-state index contributed by atoms with van der Waals surface area (Å²) in [5.74, 6) is 0.118. The van der Waals surface area contributed by atoms with Gasteiger partial charge in [0.1, 0.15) is 5.78 Å². The Balaban J connectivity index is 2.03. The SMILES string of the molecule is NC1C=CC(C(=O)Cc2ccc(Cl)c(Cl)c2)C1. The largest absolute Gasteiger partial charge is 0.324 e. The molecule has 0 aromatic heterocycles. The maximum absolute atomic E-state index is 12.0. The van der Waals surface area contributed by atoms with Crippen LogP contribution in [0.1, 0.15) is 12.0 Å². The number of hydrogen-bond donors (Lipinski definition) is 1. The quantitative estimate of drug-likeness (QED) is 0.858. The van der Waals surface area contributed by atoms with E-state index in [1.54, 1.807) is 12.1 Å². The minimum Gasteiger partial charge on any atom is -0.324 e. The van der Waals surface area contributed by atoms with Gasteiger partial charge in [-0.05, 0) is 24.1 Å². The van der Waals surface area contributed by atoms with Gasteiger partial charge in [-0.15, -0.1) is 0 Å². The first-order valence-corrected chi connectivity index (χ1v) is 6.22. The van der Waals surface area contributed by atoms with E-state index in [9.17, 15) is 4.79 Å². The second-order valence-electron chi connectivity index (χ2n) is 4.28. The number of nitrogens with two attached hydrogens (primary N) is 1. The molecule has 90 valence electrons. The Labute approximate surface area is 110 Å². The zero-order chi connectivity index (χ0) is 12.4. The van der Waals surface area contributed by atoms with E-state index in [1.807, 2.05) is 18.2 Å². The van der Waals surface area contributed by atoms with Crippen molar-refractivity contribution in [3.8, 4) is 0 Å². The molecule has 1 aromatic rings. The molecule has 0 saturated heterocycles. The molecule has 2 N–H and O–H groups in total. The van der Waals surface area contributed by atoms with Crippen LogP contribution in [0, 0.1) is 5.92 Å². The highest BCUT2D eigenvalue weighted by molar-refractivity contribution is 6.42. The molecule has 0 saturated carbocycles. The highest BCUT2D eigenvalue weighted by atomic mass is 35.5. The molecular weight excluding hydrogens is 257 g/mol. The van der Waals surface area contributed by atoms with Crippen LogP contribution in [0.15, 0.2) is 30.4 Å². The van der Waals surface area contributed by atoms with Crippen LogP contribution in [0.5, 0.6) is 0 Å². The molecule has 0 spiro atoms. The van der Waals surface area contributed by atoms with Crippen LogP contribution in [0.2, 0.25) is 10.0 Å². The molecule has 0 fully saturated rings. The summed E-state index contributed by atoms with van der Waals surface area (Å²) in [4.78, 5) is 12.0. The summed E-state index contributed by atoms with van der Waals surface area (Å²) < 4.78 is 0. The van der Waals surface area contributed by atoms with Gasteiger partial charge in [-0.1, -0.05) is 41.4 Å². The van der Waals surface area contributed by atoms with E-state index in [-0.39, 0.29) is 17.7 Å². The predicted octanol–water partition coefficient (Wildman–Crippen LogP) is 3.01. The third kappa shape index (κ3) is 3.09. The van der Waals surface area contributed by atoms with Gasteiger partial charge in [0.05, 0.1) is 10.0 Å². The lowest BCUT2D eigenvalue weighted by molar-refractivity contribution is -0.120. The summed E-state index contributed by atoms with van der Waals surface area (Å²) in [5, 5.41) is 0.987. The van der Waals surface area contributed by atoms with Crippen LogP contribution in [-0.2, 0) is 11.2 Å². The average Bonchev–Trinajstić information content (AvgIpc) is 2.70. The van der Waals surface area contributed by atoms with E-state index in [0.717, 1.165) is 5.56 Å². The lowest BCUT2D eigenvalue weighted by Gasteiger charge is -2.08. The lowest BCUT2D eigenvalue weighted by Crippen LogP contribution is -2.20. The number of halogens is 2. The summed E-state index contributed by atoms with van der Waals surface area (Å²) in [6, 6.07) is 5.28. The molecule has 1 aliphatic carbocycles. The fourth-order valence-corrected chi connectivity index (χ4v) is 2.27. The van der Waals surface area contributed by atoms with Crippen molar-refractivity contribution in [3.63, 3.8) is 0 Å². The van der Waals surface area contributed by atoms with Gasteiger partial charge in [-0.3, -0.25) is 4.79 Å². The van der Waals surface area contributed by atoms with E-state index >= 15 is 0 Å². The van der Waals surface area contributed by atoms with E-state index in [2.05, 4.69) is 0 Å². The lowest BCUT2D eigenvalue weighted by atomic mass is 9.97. The number of Topliss-reactive ketones (excluding diaryl/α,β-unsaturated/α-hetero) is 1. The molecule has 2 unspecified atom stereocenters. The van der Waals surface area contributed by atoms with Crippen molar-refractivity contribution in [2.75, 3.05) is 0 Å². The van der Waals surface area contributed by atoms with Crippen molar-refractivity contribution in [2.24, 2.45) is 11.7 Å². The first-order chi connectivity index (χ1) is 8.06. The maximum Gasteiger partial charge on any atom is 0.144 e. The molecule has 0 heterocycles. The molecule has 1 aromatic carbocycles. The van der Waals surface area contributed by atoms with Crippen LogP contribution >= 0.6 is 23.2 Å². The summed E-state index contributed by atoms with van der Waals surface area (Å²) in [6.07, 6.45) is 4.86. The minimum atomic E-state index is -0.0561. The van der Waals surface area contributed by atoms with Crippen molar-refractivity contribution < 1.29 is 4.79 Å². The van der Waals surface area contributed by atoms with Gasteiger partial charge >= 0.3 is 0 Å². The number of ketones is 1. The maximum atomic E-state index is 12.0. The topological polar surface area (TPSA) is 43.1 Å². The fraction of sp³-hybridized carbons (Fsp3) is 0.308. The van der Waals surface area contributed by atoms with Gasteiger partial charge in [-0.2, -0.15) is 0 Å². The van der Waals surface area contributed by atoms with Gasteiger partial charge < -0.3 is 5.73 Å². The molecule has 4 heteroatoms. The van der Waals surface area contributed by atoms with Crippen LogP contribution in [-0.4, -0.2) is 11.8 Å². The molecule has 0 radical (unpaired) electrons. The third-order valence-electron chi connectivity index (χ3n) is 2.89. The second kappa shape index (κ2) is 5.21. The monoisotopic (exact) mass is 269 g/mol. The van der Waals surface area contributed by atoms with Crippen LogP contribution < -0.4 is 5.73 Å². The number of allylic oxidation sites excluding steroid dienone is 1. The second-order valence-corrected chi connectivity index (χ2v) is 5.10. The van der Waals surface area contributed by atoms with Gasteiger partial charge in [0, 0.05) is 18.4 Å². The van der Waals surface area contributed by atoms with E-state index in [1.165, 1.54) is 0 Å². The zero-order valence-corrected chi connectivity index (χ0v) is 10.7. The van der Waals surface area contributed by atoms with E-state index in [4.69, 9.17) is 28.9 Å². The number of rotatable bonds is 3. The number of carbonyl (C=O) groups excluding carboxylic acids is 1. The van der Waals surface area contributed by atoms with Crippen molar-refractivity contribution in [3.05, 3.63) is 46.0 Å². The molecule has 1 aliphatic rings. The van der Waals surface area contributed by atoms with Crippen LogP contribution in [0.25, 0.3) is 0 Å². The Morgan fingerprint density at radius 1 is 1.29 bits per heavy atom. The molecule has 0 bridgehead atoms. The smallest absolute Gasteiger partial charge is 0.144 e. The number of carbonyl (C=O) groups is 1. The molecular formula is C13H13Cl2NO. The Bertz CT molecular complexity index is 470. The number of benzene rings is 1. The van der Waals surface area contributed by atoms with Crippen molar-refractivity contribution in [1.82, 2.24) is 0 Å². The first kappa shape index (κ1) is 12.6. The highest BCUT2D eigenvalue weighted by Crippen LogP contribution is 2.24. The molecule has 2 atom stereocenters. The normalized spacial score (nSPS) is 23.0. The number of hydrogen-bond acceptors (Lipinski definition) is 2. The fourth-order valence-electron chi connectivity index (χ4n) is 1.95. The minimum absolute atomic E-state index is 0.0118. The van der Waals surface area contributed by atoms with Crippen LogP contribution in [0.4, 0.5) is 0 Å². The highest BCUT2D eigenvalue weighted by Gasteiger charge is 2.22. The Morgan fingerprint density at radius 3 is 2.65 bits per heavy atom. The van der Waals surface area contributed by atoms with Crippen molar-refractivity contribution in [1.29, 1.82) is 0 Å². The summed E-state index contributed by atoms with van der Waals surface area (Å²) >= 11 is 11.7. The summed E-state index contributed by atoms with van der Waals surface area (Å²) in [7, 11) is 0. The van der Waals surface area contributed by atoms with Gasteiger partial charge in [0.15, 0.2) is 0 Å². The standard InChI is InChI=1S/C13H13Cl2NO/c14-11-4-1-8(5-12(11)15)6-13(17)9-2-3-10(16)7-9/h1-5,9-10H,6-7,16H2. The molecule has 2 nitrogen and oxygen atoms in total. The molecule has 0 aliphatic heterocycles. The molecule has 2 rings (SSSR count). The summed E-state index contributed by atoms with van der Waals surface area (Å²) in [6.45, 7) is 0. The van der Waals surface area contributed by atoms with Gasteiger partial charge in [0.2, 0.25) is 0 Å². The Hall–Kier alpha value is -0.830. The van der Waals surface area contributed by atoms with Crippen molar-refractivity contribution >= 4 is 29.0 Å². The first-order valence-electron chi connectivity index (χ1n) is 5.47. The van der Waals surface area contributed by atoms with Crippen LogP contribution in [0.3, 0.4) is 0 Å². The third-order valence-corrected chi connectivity index (χ3v) is 3.63. The Kier molecular flexibility index (Phi) is 3.87. The zero-order valence-electron chi connectivity index (χ0n) is 9.20. The van der Waals surface area contributed by atoms with E-state index in [0.29, 0.717) is 22.9 Å².